The Kier molecular flexibility index (Phi) is 6.84. The first-order valence-corrected chi connectivity index (χ1v) is 13.4. The van der Waals surface area contributed by atoms with Crippen LogP contribution in [0.4, 0.5) is 0 Å². The van der Waals surface area contributed by atoms with Crippen molar-refractivity contribution in [2.45, 2.75) is 50.7 Å². The van der Waals surface area contributed by atoms with E-state index in [4.69, 9.17) is 5.73 Å². The van der Waals surface area contributed by atoms with Crippen molar-refractivity contribution in [3.05, 3.63) is 81.1 Å². The predicted molar refractivity (Wildman–Crippen MR) is 147 cm³/mol. The number of benzene rings is 2. The number of phenols is 1. The Bertz CT molecular complexity index is 1490. The molecule has 3 aliphatic rings. The lowest BCUT2D eigenvalue weighted by atomic mass is 9.57. The van der Waals surface area contributed by atoms with E-state index in [1.807, 2.05) is 13.0 Å². The van der Waals surface area contributed by atoms with Crippen LogP contribution < -0.4 is 5.73 Å². The number of phenolic OH excluding ortho intramolecular Hbond substituents is 1. The molecule has 0 heterocycles. The Morgan fingerprint density at radius 2 is 1.73 bits per heavy atom. The van der Waals surface area contributed by atoms with Crippen molar-refractivity contribution < 1.29 is 34.8 Å². The van der Waals surface area contributed by atoms with Gasteiger partial charge in [-0.3, -0.25) is 19.3 Å². The Labute approximate surface area is 232 Å². The minimum Gasteiger partial charge on any atom is -0.508 e. The van der Waals surface area contributed by atoms with E-state index in [-0.39, 0.29) is 23.3 Å². The van der Waals surface area contributed by atoms with Crippen molar-refractivity contribution in [3.63, 3.8) is 0 Å². The van der Waals surface area contributed by atoms with Crippen LogP contribution in [0.2, 0.25) is 0 Å². The van der Waals surface area contributed by atoms with Crippen molar-refractivity contribution in [1.82, 2.24) is 4.90 Å². The van der Waals surface area contributed by atoms with Gasteiger partial charge >= 0.3 is 0 Å². The third kappa shape index (κ3) is 4.12. The molecule has 1 saturated carbocycles. The number of hydrogen-bond donors (Lipinski definition) is 5. The number of amides is 1. The van der Waals surface area contributed by atoms with Crippen LogP contribution in [0.25, 0.3) is 5.76 Å². The monoisotopic (exact) mass is 546 g/mol. The number of ketones is 2. The minimum absolute atomic E-state index is 0.0736. The SMILES string of the molecule is Cc1ccc(CCCc2ccc(O)c3c2C[C@@H]2C[C@@H]4C(N(C)C)C(=O)C(C(N)=O)=C(O)[C@]4(O)C(=O)C2=C3O)cc1. The molecule has 3 aliphatic carbocycles. The maximum atomic E-state index is 13.9. The summed E-state index contributed by atoms with van der Waals surface area (Å²) in [4.78, 5) is 40.7. The van der Waals surface area contributed by atoms with Gasteiger partial charge in [0.2, 0.25) is 5.78 Å². The third-order valence-electron chi connectivity index (χ3n) is 8.73. The Balaban J connectivity index is 1.56. The molecule has 0 aromatic heterocycles. The van der Waals surface area contributed by atoms with Crippen LogP contribution in [0.1, 0.15) is 40.7 Å². The number of aliphatic hydroxyl groups excluding tert-OH is 2. The number of likely N-dealkylation sites (N-methyl/N-ethyl adjacent to an activating group) is 1. The lowest BCUT2D eigenvalue weighted by molar-refractivity contribution is -0.153. The maximum absolute atomic E-state index is 13.9. The standard InChI is InChI=1S/C31H34N2O7/c1-15-7-9-16(10-8-15)5-4-6-17-11-12-21(34)23-19(17)13-18-14-20-25(33(2)3)27(36)24(30(32)39)29(38)31(20,40)28(37)22(18)26(23)35/h7-12,18,20,25,34-35,38,40H,4-6,13-14H2,1-3H3,(H2,32,39)/t18-,20-,25?,31-/m1/s1. The van der Waals surface area contributed by atoms with Crippen molar-refractivity contribution in [2.24, 2.45) is 17.6 Å². The molecule has 2 aromatic carbocycles. The first kappa shape index (κ1) is 27.6. The molecule has 0 saturated heterocycles. The van der Waals surface area contributed by atoms with Gasteiger partial charge < -0.3 is 26.2 Å². The summed E-state index contributed by atoms with van der Waals surface area (Å²) in [5, 5.41) is 44.7. The summed E-state index contributed by atoms with van der Waals surface area (Å²) < 4.78 is 0. The zero-order valence-electron chi connectivity index (χ0n) is 22.8. The van der Waals surface area contributed by atoms with Crippen LogP contribution in [-0.4, -0.2) is 68.5 Å². The fourth-order valence-electron chi connectivity index (χ4n) is 6.78. The van der Waals surface area contributed by atoms with E-state index in [1.165, 1.54) is 22.1 Å². The number of nitrogens with two attached hydrogens (primary N) is 1. The Morgan fingerprint density at radius 3 is 2.35 bits per heavy atom. The molecule has 1 amide bonds. The quantitative estimate of drug-likeness (QED) is 0.345. The van der Waals surface area contributed by atoms with Gasteiger partial charge in [0.05, 0.1) is 11.6 Å². The number of nitrogens with zero attached hydrogens (tertiary/aromatic N) is 1. The highest BCUT2D eigenvalue weighted by atomic mass is 16.3. The number of aryl methyl sites for hydroxylation is 3. The highest BCUT2D eigenvalue weighted by molar-refractivity contribution is 6.24. The number of aliphatic hydroxyl groups is 3. The van der Waals surface area contributed by atoms with Crippen molar-refractivity contribution in [2.75, 3.05) is 14.1 Å². The topological polar surface area (TPSA) is 161 Å². The zero-order valence-corrected chi connectivity index (χ0v) is 22.8. The molecule has 5 rings (SSSR count). The van der Waals surface area contributed by atoms with Gasteiger partial charge in [-0.15, -0.1) is 0 Å². The van der Waals surface area contributed by atoms with Gasteiger partial charge in [-0.2, -0.15) is 0 Å². The van der Waals surface area contributed by atoms with E-state index >= 15 is 0 Å². The van der Waals surface area contributed by atoms with E-state index in [9.17, 15) is 34.8 Å². The van der Waals surface area contributed by atoms with Gasteiger partial charge in [0.1, 0.15) is 22.8 Å². The summed E-state index contributed by atoms with van der Waals surface area (Å²) in [6.07, 6.45) is 2.72. The summed E-state index contributed by atoms with van der Waals surface area (Å²) in [5.74, 6) is -6.44. The summed E-state index contributed by atoms with van der Waals surface area (Å²) in [6, 6.07) is 10.5. The first-order chi connectivity index (χ1) is 18.9. The second-order valence-corrected chi connectivity index (χ2v) is 11.4. The number of fused-ring (bicyclic) bond motifs is 3. The lowest BCUT2D eigenvalue weighted by Crippen LogP contribution is -2.65. The van der Waals surface area contributed by atoms with Gasteiger partial charge in [0.25, 0.3) is 5.91 Å². The zero-order chi connectivity index (χ0) is 29.1. The molecule has 0 radical (unpaired) electrons. The molecule has 1 fully saturated rings. The average molecular weight is 547 g/mol. The third-order valence-corrected chi connectivity index (χ3v) is 8.73. The van der Waals surface area contributed by atoms with Crippen LogP contribution in [0.3, 0.4) is 0 Å². The van der Waals surface area contributed by atoms with Gasteiger partial charge in [0.15, 0.2) is 11.4 Å². The molecule has 0 aliphatic heterocycles. The molecule has 2 aromatic rings. The lowest BCUT2D eigenvalue weighted by Gasteiger charge is -2.50. The molecule has 4 atom stereocenters. The van der Waals surface area contributed by atoms with Crippen molar-refractivity contribution >= 4 is 23.2 Å². The van der Waals surface area contributed by atoms with Gasteiger partial charge in [0, 0.05) is 11.5 Å². The van der Waals surface area contributed by atoms with Crippen LogP contribution in [-0.2, 0) is 33.6 Å². The summed E-state index contributed by atoms with van der Waals surface area (Å²) in [5.41, 5.74) is 5.95. The Hall–Kier alpha value is -3.95. The molecule has 0 spiro atoms. The maximum Gasteiger partial charge on any atom is 0.255 e. The highest BCUT2D eigenvalue weighted by Gasteiger charge is 2.64. The van der Waals surface area contributed by atoms with E-state index in [0.29, 0.717) is 12.8 Å². The number of hydrogen-bond acceptors (Lipinski definition) is 8. The number of rotatable bonds is 6. The van der Waals surface area contributed by atoms with Crippen LogP contribution in [0.15, 0.2) is 53.3 Å². The smallest absolute Gasteiger partial charge is 0.255 e. The average Bonchev–Trinajstić information content (AvgIpc) is 2.88. The number of Topliss-reactive ketones (excluding diaryl/α,β-unsaturated/α-hetero) is 2. The second-order valence-electron chi connectivity index (χ2n) is 11.4. The first-order valence-electron chi connectivity index (χ1n) is 13.4. The molecule has 210 valence electrons. The molecule has 0 bridgehead atoms. The van der Waals surface area contributed by atoms with Crippen molar-refractivity contribution in [3.8, 4) is 5.75 Å². The summed E-state index contributed by atoms with van der Waals surface area (Å²) >= 11 is 0. The normalized spacial score (nSPS) is 26.1. The molecule has 9 nitrogen and oxygen atoms in total. The summed E-state index contributed by atoms with van der Waals surface area (Å²) in [6.45, 7) is 2.04. The van der Waals surface area contributed by atoms with Crippen molar-refractivity contribution in [1.29, 1.82) is 0 Å². The predicted octanol–water partition coefficient (Wildman–Crippen LogP) is 2.45. The molecule has 40 heavy (non-hydrogen) atoms. The molecule has 1 unspecified atom stereocenters. The number of aromatic hydroxyl groups is 1. The molecule has 9 heteroatoms. The number of carbonyl (C=O) groups excluding carboxylic acids is 3. The molecule has 6 N–H and O–H groups in total. The Morgan fingerprint density at radius 1 is 1.05 bits per heavy atom. The second kappa shape index (κ2) is 9.91. The van der Waals surface area contributed by atoms with Crippen LogP contribution in [0, 0.1) is 18.8 Å². The van der Waals surface area contributed by atoms with Gasteiger partial charge in [-0.25, -0.2) is 0 Å². The van der Waals surface area contributed by atoms with Gasteiger partial charge in [-0.05, 0) is 81.8 Å². The fourth-order valence-corrected chi connectivity index (χ4v) is 6.78. The van der Waals surface area contributed by atoms with Crippen LogP contribution >= 0.6 is 0 Å². The molecular formula is C31H34N2O7. The van der Waals surface area contributed by atoms with E-state index in [2.05, 4.69) is 24.3 Å². The number of carbonyl (C=O) groups is 3. The summed E-state index contributed by atoms with van der Waals surface area (Å²) in [7, 11) is 3.16. The van der Waals surface area contributed by atoms with Gasteiger partial charge in [-0.1, -0.05) is 35.9 Å². The minimum atomic E-state index is -2.63. The van der Waals surface area contributed by atoms with E-state index < -0.39 is 58.0 Å². The largest absolute Gasteiger partial charge is 0.508 e. The van der Waals surface area contributed by atoms with E-state index in [1.54, 1.807) is 14.1 Å². The fraction of sp³-hybridized carbons (Fsp3) is 0.387. The van der Waals surface area contributed by atoms with Crippen LogP contribution in [0.5, 0.6) is 5.75 Å². The number of primary amides is 1. The molecular weight excluding hydrogens is 512 g/mol. The van der Waals surface area contributed by atoms with E-state index in [0.717, 1.165) is 24.0 Å². The highest BCUT2D eigenvalue weighted by Crippen LogP contribution is 2.53.